The molecule has 4 rings (SSSR count). The molecule has 0 bridgehead atoms. The Hall–Kier alpha value is -2.10. The first-order valence-electron chi connectivity index (χ1n) is 12.3. The first-order chi connectivity index (χ1) is 17.5. The lowest BCUT2D eigenvalue weighted by Gasteiger charge is -2.32. The molecule has 0 aromatic heterocycles. The van der Waals surface area contributed by atoms with Crippen molar-refractivity contribution in [2.45, 2.75) is 51.2 Å². The van der Waals surface area contributed by atoms with E-state index < -0.39 is 34.1 Å². The molecule has 37 heavy (non-hydrogen) atoms. The SMILES string of the molecule is C/C=S(\C)NC(=O)c1cc(C2CC2)c(OCC2CCN(Cc3cc(C(F)(F)F)ccc3Cl)CC2)cc1F. The number of hydrogen-bond donors (Lipinski definition) is 1. The summed E-state index contributed by atoms with van der Waals surface area (Å²) in [4.78, 5) is 14.6. The highest BCUT2D eigenvalue weighted by atomic mass is 35.5. The second kappa shape index (κ2) is 11.7. The van der Waals surface area contributed by atoms with Crippen LogP contribution in [-0.4, -0.2) is 42.1 Å². The fraction of sp³-hybridized carbons (Fsp3) is 0.481. The molecule has 1 amide bonds. The summed E-state index contributed by atoms with van der Waals surface area (Å²) in [5.74, 6) is -0.0134. The molecule has 1 saturated carbocycles. The Balaban J connectivity index is 1.35. The number of benzene rings is 2. The second-order valence-electron chi connectivity index (χ2n) is 9.70. The summed E-state index contributed by atoms with van der Waals surface area (Å²) in [6.45, 7) is 4.03. The van der Waals surface area contributed by atoms with Gasteiger partial charge in [-0.2, -0.15) is 13.2 Å². The Labute approximate surface area is 222 Å². The summed E-state index contributed by atoms with van der Waals surface area (Å²) < 4.78 is 62.9. The minimum absolute atomic E-state index is 0.0389. The Morgan fingerprint density at radius 3 is 2.51 bits per heavy atom. The van der Waals surface area contributed by atoms with Crippen LogP contribution in [0.1, 0.15) is 65.6 Å². The number of hydrogen-bond acceptors (Lipinski definition) is 3. The molecule has 0 radical (unpaired) electrons. The smallest absolute Gasteiger partial charge is 0.416 e. The average Bonchev–Trinajstić information content (AvgIpc) is 3.69. The van der Waals surface area contributed by atoms with Crippen molar-refractivity contribution in [1.29, 1.82) is 0 Å². The van der Waals surface area contributed by atoms with E-state index in [0.29, 0.717) is 42.6 Å². The van der Waals surface area contributed by atoms with Gasteiger partial charge in [-0.15, -0.1) is 10.7 Å². The zero-order valence-electron chi connectivity index (χ0n) is 20.8. The van der Waals surface area contributed by atoms with Crippen LogP contribution in [0.15, 0.2) is 30.3 Å². The van der Waals surface area contributed by atoms with Gasteiger partial charge in [0, 0.05) is 17.6 Å². The number of likely N-dealkylation sites (tertiary alicyclic amines) is 1. The molecule has 1 aliphatic carbocycles. The lowest BCUT2D eigenvalue weighted by Crippen LogP contribution is -2.35. The molecule has 1 atom stereocenters. The van der Waals surface area contributed by atoms with Crippen LogP contribution in [0.3, 0.4) is 0 Å². The highest BCUT2D eigenvalue weighted by Crippen LogP contribution is 2.45. The van der Waals surface area contributed by atoms with E-state index in [4.69, 9.17) is 16.3 Å². The van der Waals surface area contributed by atoms with Crippen molar-refractivity contribution in [2.75, 3.05) is 26.0 Å². The predicted octanol–water partition coefficient (Wildman–Crippen LogP) is 7.03. The van der Waals surface area contributed by atoms with Crippen molar-refractivity contribution >= 4 is 33.5 Å². The maximum atomic E-state index is 14.8. The third-order valence-electron chi connectivity index (χ3n) is 6.92. The predicted molar refractivity (Wildman–Crippen MR) is 141 cm³/mol. The van der Waals surface area contributed by atoms with Crippen LogP contribution >= 0.6 is 22.3 Å². The van der Waals surface area contributed by atoms with Gasteiger partial charge in [-0.3, -0.25) is 9.69 Å². The van der Waals surface area contributed by atoms with Gasteiger partial charge in [-0.25, -0.2) is 4.39 Å². The van der Waals surface area contributed by atoms with Crippen LogP contribution in [0.4, 0.5) is 17.6 Å². The van der Waals surface area contributed by atoms with E-state index in [1.807, 2.05) is 18.5 Å². The number of carbonyl (C=O) groups is 1. The molecule has 2 aliphatic rings. The van der Waals surface area contributed by atoms with E-state index >= 15 is 0 Å². The quantitative estimate of drug-likeness (QED) is 0.279. The molecule has 2 aromatic rings. The van der Waals surface area contributed by atoms with Crippen molar-refractivity contribution in [3.05, 3.63) is 63.4 Å². The fourth-order valence-corrected chi connectivity index (χ4v) is 5.17. The maximum absolute atomic E-state index is 14.8. The molecule has 1 unspecified atom stereocenters. The van der Waals surface area contributed by atoms with Crippen LogP contribution in [0.25, 0.3) is 0 Å². The molecule has 1 aliphatic heterocycles. The molecular formula is C27H31ClF4N2O2S. The Morgan fingerprint density at radius 2 is 1.89 bits per heavy atom. The molecular weight excluding hydrogens is 528 g/mol. The van der Waals surface area contributed by atoms with Gasteiger partial charge in [0.1, 0.15) is 11.6 Å². The number of nitrogens with zero attached hydrogens (tertiary/aromatic N) is 1. The Bertz CT molecular complexity index is 1180. The third kappa shape index (κ3) is 7.27. The van der Waals surface area contributed by atoms with Crippen LogP contribution < -0.4 is 9.46 Å². The average molecular weight is 559 g/mol. The van der Waals surface area contributed by atoms with Crippen molar-refractivity contribution in [3.63, 3.8) is 0 Å². The molecule has 1 N–H and O–H groups in total. The lowest BCUT2D eigenvalue weighted by molar-refractivity contribution is -0.137. The summed E-state index contributed by atoms with van der Waals surface area (Å²) in [7, 11) is -0.436. The van der Waals surface area contributed by atoms with Gasteiger partial charge < -0.3 is 9.46 Å². The van der Waals surface area contributed by atoms with Gasteiger partial charge >= 0.3 is 6.18 Å². The zero-order chi connectivity index (χ0) is 26.7. The molecule has 0 spiro atoms. The zero-order valence-corrected chi connectivity index (χ0v) is 22.4. The van der Waals surface area contributed by atoms with Crippen molar-refractivity contribution < 1.29 is 27.1 Å². The third-order valence-corrected chi connectivity index (χ3v) is 8.50. The number of alkyl halides is 3. The summed E-state index contributed by atoms with van der Waals surface area (Å²) in [5.41, 5.74) is 0.680. The Morgan fingerprint density at radius 1 is 1.19 bits per heavy atom. The number of ether oxygens (including phenoxy) is 1. The van der Waals surface area contributed by atoms with E-state index in [1.54, 1.807) is 6.07 Å². The highest BCUT2D eigenvalue weighted by Gasteiger charge is 2.32. The first kappa shape index (κ1) is 27.9. The first-order valence-corrected chi connectivity index (χ1v) is 14.4. The van der Waals surface area contributed by atoms with Crippen molar-refractivity contribution in [3.8, 4) is 5.75 Å². The normalized spacial score (nSPS) is 18.1. The van der Waals surface area contributed by atoms with Gasteiger partial charge in [0.05, 0.1) is 17.7 Å². The fourth-order valence-electron chi connectivity index (χ4n) is 4.48. The van der Waals surface area contributed by atoms with Crippen LogP contribution in [0.5, 0.6) is 5.75 Å². The topological polar surface area (TPSA) is 41.6 Å². The largest absolute Gasteiger partial charge is 0.493 e. The van der Waals surface area contributed by atoms with Crippen LogP contribution in [-0.2, 0) is 12.7 Å². The number of amides is 1. The van der Waals surface area contributed by atoms with Gasteiger partial charge in [0.25, 0.3) is 5.91 Å². The van der Waals surface area contributed by atoms with Crippen LogP contribution in [0.2, 0.25) is 5.02 Å². The van der Waals surface area contributed by atoms with Gasteiger partial charge in [0.15, 0.2) is 0 Å². The van der Waals surface area contributed by atoms with E-state index in [9.17, 15) is 22.4 Å². The van der Waals surface area contributed by atoms with Crippen molar-refractivity contribution in [2.24, 2.45) is 5.92 Å². The summed E-state index contributed by atoms with van der Waals surface area (Å²) in [6, 6.07) is 6.38. The summed E-state index contributed by atoms with van der Waals surface area (Å²) in [5, 5.41) is 2.18. The molecule has 4 nitrogen and oxygen atoms in total. The van der Waals surface area contributed by atoms with Gasteiger partial charge in [-0.05, 0) is 105 Å². The molecule has 10 heteroatoms. The molecule has 202 valence electrons. The van der Waals surface area contributed by atoms with E-state index in [-0.39, 0.29) is 17.4 Å². The molecule has 2 fully saturated rings. The number of carbonyl (C=O) groups excluding carboxylic acids is 1. The molecule has 1 heterocycles. The highest BCUT2D eigenvalue weighted by molar-refractivity contribution is 8.13. The Kier molecular flexibility index (Phi) is 8.86. The van der Waals surface area contributed by atoms with Crippen LogP contribution in [0, 0.1) is 11.7 Å². The minimum atomic E-state index is -4.41. The minimum Gasteiger partial charge on any atom is -0.493 e. The standard InChI is InChI=1S/C27H31ClF4N2O2S/c1-3-37(2)33-26(35)22-13-21(18-4-5-18)25(14-24(22)29)36-16-17-8-10-34(11-9-17)15-19-12-20(27(30,31)32)6-7-23(19)28/h3,6-7,12-14,17-18H,4-5,8-11,15-16H2,1-2H3,(H,33,35). The number of piperidine rings is 1. The number of halogens is 5. The molecule has 1 saturated heterocycles. The van der Waals surface area contributed by atoms with E-state index in [2.05, 4.69) is 9.62 Å². The number of rotatable bonds is 8. The van der Waals surface area contributed by atoms with Gasteiger partial charge in [0.2, 0.25) is 0 Å². The monoisotopic (exact) mass is 558 g/mol. The summed E-state index contributed by atoms with van der Waals surface area (Å²) >= 11 is 6.16. The number of nitrogens with one attached hydrogen (secondary N) is 1. The van der Waals surface area contributed by atoms with E-state index in [1.165, 1.54) is 12.1 Å². The summed E-state index contributed by atoms with van der Waals surface area (Å²) in [6.07, 6.45) is 1.04. The lowest BCUT2D eigenvalue weighted by atomic mass is 9.97. The second-order valence-corrected chi connectivity index (χ2v) is 11.9. The maximum Gasteiger partial charge on any atom is 0.416 e. The van der Waals surface area contributed by atoms with E-state index in [0.717, 1.165) is 43.4 Å². The van der Waals surface area contributed by atoms with Gasteiger partial charge in [-0.1, -0.05) is 11.6 Å². The van der Waals surface area contributed by atoms with Crippen molar-refractivity contribution in [1.82, 2.24) is 9.62 Å². The molecule has 2 aromatic carbocycles.